The zero-order chi connectivity index (χ0) is 17.8. The lowest BCUT2D eigenvalue weighted by Gasteiger charge is -1.92. The van der Waals surface area contributed by atoms with E-state index < -0.39 is 0 Å². The molecule has 8 heteroatoms. The predicted octanol–water partition coefficient (Wildman–Crippen LogP) is 5.12. The van der Waals surface area contributed by atoms with Gasteiger partial charge in [0.25, 0.3) is 0 Å². The van der Waals surface area contributed by atoms with E-state index in [9.17, 15) is 4.39 Å². The van der Waals surface area contributed by atoms with Crippen molar-refractivity contribution in [2.75, 3.05) is 0 Å². The van der Waals surface area contributed by atoms with Gasteiger partial charge in [0.1, 0.15) is 17.9 Å². The van der Waals surface area contributed by atoms with Crippen LogP contribution in [0.4, 0.5) is 4.39 Å². The molecule has 4 aromatic rings. The standard InChI is InChI=1S/C18H13FN4OS2/c19-13-6-3-12(4-7-13)5-8-16-21-18(23-22-16)26-11-14-10-24-17(20-14)15-2-1-9-25-15/h1-10H,11H2,(H,21,22,23)/b8-5+. The van der Waals surface area contributed by atoms with Crippen molar-refractivity contribution in [3.05, 3.63) is 70.9 Å². The van der Waals surface area contributed by atoms with Crippen LogP contribution < -0.4 is 0 Å². The summed E-state index contributed by atoms with van der Waals surface area (Å²) in [6.45, 7) is 0. The van der Waals surface area contributed by atoms with Gasteiger partial charge in [-0.05, 0) is 35.2 Å². The fourth-order valence-electron chi connectivity index (χ4n) is 2.17. The molecule has 4 rings (SSSR count). The summed E-state index contributed by atoms with van der Waals surface area (Å²) in [6.07, 6.45) is 5.30. The first-order valence-corrected chi connectivity index (χ1v) is 9.60. The number of hydrogen-bond acceptors (Lipinski definition) is 6. The number of benzene rings is 1. The van der Waals surface area contributed by atoms with Gasteiger partial charge in [0.2, 0.25) is 11.0 Å². The highest BCUT2D eigenvalue weighted by atomic mass is 32.2. The van der Waals surface area contributed by atoms with Gasteiger partial charge in [-0.3, -0.25) is 5.10 Å². The van der Waals surface area contributed by atoms with E-state index in [4.69, 9.17) is 4.42 Å². The minimum Gasteiger partial charge on any atom is -0.444 e. The van der Waals surface area contributed by atoms with Crippen LogP contribution >= 0.6 is 23.1 Å². The largest absolute Gasteiger partial charge is 0.444 e. The molecule has 0 atom stereocenters. The number of halogens is 1. The van der Waals surface area contributed by atoms with E-state index in [2.05, 4.69) is 20.2 Å². The predicted molar refractivity (Wildman–Crippen MR) is 101 cm³/mol. The van der Waals surface area contributed by atoms with Gasteiger partial charge < -0.3 is 4.42 Å². The Hall–Kier alpha value is -2.71. The smallest absolute Gasteiger partial charge is 0.236 e. The van der Waals surface area contributed by atoms with Crippen molar-refractivity contribution < 1.29 is 8.81 Å². The molecule has 0 saturated heterocycles. The van der Waals surface area contributed by atoms with Gasteiger partial charge in [-0.15, -0.1) is 16.4 Å². The Kier molecular flexibility index (Phi) is 4.94. The number of thiophene rings is 1. The van der Waals surface area contributed by atoms with Crippen LogP contribution in [0.5, 0.6) is 0 Å². The number of nitrogens with zero attached hydrogens (tertiary/aromatic N) is 3. The Morgan fingerprint density at radius 3 is 2.85 bits per heavy atom. The fraction of sp³-hybridized carbons (Fsp3) is 0.0556. The van der Waals surface area contributed by atoms with E-state index in [1.165, 1.54) is 23.9 Å². The SMILES string of the molecule is Fc1ccc(/C=C/c2nc(SCc3coc(-c4cccs4)n3)n[nH]2)cc1. The Balaban J connectivity index is 1.36. The van der Waals surface area contributed by atoms with Crippen LogP contribution in [-0.4, -0.2) is 20.2 Å². The maximum absolute atomic E-state index is 12.9. The number of hydrogen-bond donors (Lipinski definition) is 1. The molecule has 5 nitrogen and oxygen atoms in total. The molecule has 130 valence electrons. The molecule has 0 unspecified atom stereocenters. The topological polar surface area (TPSA) is 67.6 Å². The second kappa shape index (κ2) is 7.67. The minimum absolute atomic E-state index is 0.254. The molecule has 0 bridgehead atoms. The summed E-state index contributed by atoms with van der Waals surface area (Å²) in [5, 5.41) is 9.66. The third-order valence-electron chi connectivity index (χ3n) is 3.42. The first-order chi connectivity index (χ1) is 12.8. The molecule has 0 spiro atoms. The number of H-pyrrole nitrogens is 1. The molecule has 0 aliphatic rings. The van der Waals surface area contributed by atoms with Crippen LogP contribution in [0, 0.1) is 5.82 Å². The number of aromatic amines is 1. The van der Waals surface area contributed by atoms with E-state index in [0.29, 0.717) is 22.6 Å². The van der Waals surface area contributed by atoms with Crippen LogP contribution in [0.2, 0.25) is 0 Å². The number of oxazole rings is 1. The van der Waals surface area contributed by atoms with E-state index in [-0.39, 0.29) is 5.82 Å². The van der Waals surface area contributed by atoms with Crippen molar-refractivity contribution in [1.29, 1.82) is 0 Å². The molecule has 0 radical (unpaired) electrons. The first-order valence-electron chi connectivity index (χ1n) is 7.73. The van der Waals surface area contributed by atoms with Crippen LogP contribution in [0.3, 0.4) is 0 Å². The Morgan fingerprint density at radius 1 is 1.15 bits per heavy atom. The van der Waals surface area contributed by atoms with Gasteiger partial charge >= 0.3 is 0 Å². The lowest BCUT2D eigenvalue weighted by atomic mass is 10.2. The van der Waals surface area contributed by atoms with Crippen LogP contribution in [0.15, 0.2) is 57.6 Å². The van der Waals surface area contributed by atoms with Crippen LogP contribution in [0.25, 0.3) is 22.9 Å². The van der Waals surface area contributed by atoms with E-state index in [1.54, 1.807) is 35.8 Å². The van der Waals surface area contributed by atoms with E-state index in [1.807, 2.05) is 23.6 Å². The lowest BCUT2D eigenvalue weighted by Crippen LogP contribution is -1.82. The second-order valence-corrected chi connectivity index (χ2v) is 7.19. The van der Waals surface area contributed by atoms with Gasteiger partial charge in [-0.1, -0.05) is 36.0 Å². The summed E-state index contributed by atoms with van der Waals surface area (Å²) in [5.74, 6) is 1.63. The molecule has 0 aliphatic carbocycles. The van der Waals surface area contributed by atoms with E-state index >= 15 is 0 Å². The fourth-order valence-corrected chi connectivity index (χ4v) is 3.51. The summed E-state index contributed by atoms with van der Waals surface area (Å²) in [7, 11) is 0. The normalized spacial score (nSPS) is 11.4. The monoisotopic (exact) mass is 384 g/mol. The third-order valence-corrected chi connectivity index (χ3v) is 5.16. The maximum Gasteiger partial charge on any atom is 0.236 e. The van der Waals surface area contributed by atoms with Crippen LogP contribution in [0.1, 0.15) is 17.1 Å². The second-order valence-electron chi connectivity index (χ2n) is 5.30. The molecular weight excluding hydrogens is 371 g/mol. The van der Waals surface area contributed by atoms with Crippen molar-refractivity contribution in [1.82, 2.24) is 20.2 Å². The van der Waals surface area contributed by atoms with Gasteiger partial charge in [0, 0.05) is 5.75 Å². The molecule has 26 heavy (non-hydrogen) atoms. The summed E-state index contributed by atoms with van der Waals surface area (Å²) in [6, 6.07) is 10.2. The molecule has 0 fully saturated rings. The Bertz CT molecular complexity index is 1010. The maximum atomic E-state index is 12.9. The molecular formula is C18H13FN4OS2. The zero-order valence-corrected chi connectivity index (χ0v) is 15.1. The number of aromatic nitrogens is 4. The highest BCUT2D eigenvalue weighted by Gasteiger charge is 2.09. The molecule has 0 aliphatic heterocycles. The number of nitrogens with one attached hydrogen (secondary N) is 1. The molecule has 3 heterocycles. The van der Waals surface area contributed by atoms with E-state index in [0.717, 1.165) is 16.1 Å². The molecule has 0 amide bonds. The summed E-state index contributed by atoms with van der Waals surface area (Å²) >= 11 is 3.06. The Labute approximate surface area is 157 Å². The van der Waals surface area contributed by atoms with Crippen molar-refractivity contribution >= 4 is 35.3 Å². The average molecular weight is 384 g/mol. The van der Waals surface area contributed by atoms with Crippen molar-refractivity contribution in [3.8, 4) is 10.8 Å². The summed E-state index contributed by atoms with van der Waals surface area (Å²) in [5.41, 5.74) is 1.73. The quantitative estimate of drug-likeness (QED) is 0.467. The number of thioether (sulfide) groups is 1. The molecule has 1 N–H and O–H groups in total. The third kappa shape index (κ3) is 4.09. The average Bonchev–Trinajstić information content (AvgIpc) is 3.40. The Morgan fingerprint density at radius 2 is 2.04 bits per heavy atom. The van der Waals surface area contributed by atoms with Gasteiger partial charge in [-0.2, -0.15) is 0 Å². The van der Waals surface area contributed by atoms with Crippen molar-refractivity contribution in [2.24, 2.45) is 0 Å². The minimum atomic E-state index is -0.254. The highest BCUT2D eigenvalue weighted by Crippen LogP contribution is 2.26. The molecule has 3 aromatic heterocycles. The zero-order valence-electron chi connectivity index (χ0n) is 13.4. The molecule has 1 aromatic carbocycles. The van der Waals surface area contributed by atoms with Gasteiger partial charge in [0.15, 0.2) is 0 Å². The van der Waals surface area contributed by atoms with Crippen molar-refractivity contribution in [2.45, 2.75) is 10.9 Å². The summed E-state index contributed by atoms with van der Waals surface area (Å²) < 4.78 is 18.4. The summed E-state index contributed by atoms with van der Waals surface area (Å²) in [4.78, 5) is 9.87. The van der Waals surface area contributed by atoms with Gasteiger partial charge in [0.05, 0.1) is 10.6 Å². The lowest BCUT2D eigenvalue weighted by molar-refractivity contribution is 0.575. The highest BCUT2D eigenvalue weighted by molar-refractivity contribution is 7.98. The van der Waals surface area contributed by atoms with Crippen molar-refractivity contribution in [3.63, 3.8) is 0 Å². The van der Waals surface area contributed by atoms with Gasteiger partial charge in [-0.25, -0.2) is 14.4 Å². The first kappa shape index (κ1) is 16.7. The number of rotatable bonds is 6. The van der Waals surface area contributed by atoms with Crippen LogP contribution in [-0.2, 0) is 5.75 Å². The molecule has 0 saturated carbocycles.